The predicted molar refractivity (Wildman–Crippen MR) is 89.5 cm³/mol. The molecule has 0 unspecified atom stereocenters. The lowest BCUT2D eigenvalue weighted by molar-refractivity contribution is 0.591. The molecule has 0 aliphatic carbocycles. The number of benzene rings is 1. The van der Waals surface area contributed by atoms with Gasteiger partial charge in [0.05, 0.1) is 11.7 Å². The Bertz CT molecular complexity index is 641. The molecule has 0 saturated carbocycles. The molecule has 1 aromatic heterocycles. The number of rotatable bonds is 5. The first-order valence-electron chi connectivity index (χ1n) is 7.52. The van der Waals surface area contributed by atoms with Gasteiger partial charge >= 0.3 is 0 Å². The third-order valence-corrected chi connectivity index (χ3v) is 3.53. The Morgan fingerprint density at radius 3 is 2.62 bits per heavy atom. The van der Waals surface area contributed by atoms with Crippen LogP contribution in [0.3, 0.4) is 0 Å². The molecule has 21 heavy (non-hydrogen) atoms. The lowest BCUT2D eigenvalue weighted by Gasteiger charge is -2.19. The van der Waals surface area contributed by atoms with Crippen molar-refractivity contribution in [3.63, 3.8) is 0 Å². The number of hydrogen-bond donors (Lipinski definition) is 2. The first-order chi connectivity index (χ1) is 9.95. The fourth-order valence-corrected chi connectivity index (χ4v) is 2.20. The van der Waals surface area contributed by atoms with Gasteiger partial charge in [-0.15, -0.1) is 0 Å². The Labute approximate surface area is 126 Å². The van der Waals surface area contributed by atoms with Crippen LogP contribution in [-0.2, 0) is 5.41 Å². The van der Waals surface area contributed by atoms with Crippen molar-refractivity contribution in [3.8, 4) is 0 Å². The molecule has 0 spiro atoms. The summed E-state index contributed by atoms with van der Waals surface area (Å²) in [5, 5.41) is 11.8. The maximum absolute atomic E-state index is 7.43. The topological polar surface area (TPSA) is 61.7 Å². The van der Waals surface area contributed by atoms with Gasteiger partial charge in [-0.1, -0.05) is 40.2 Å². The van der Waals surface area contributed by atoms with Gasteiger partial charge in [-0.25, -0.2) is 9.97 Å². The molecule has 0 aliphatic heterocycles. The van der Waals surface area contributed by atoms with Crippen LogP contribution in [0.1, 0.15) is 51.9 Å². The molecule has 2 N–H and O–H groups in total. The van der Waals surface area contributed by atoms with E-state index in [1.807, 2.05) is 0 Å². The number of fused-ring (bicyclic) bond motifs is 1. The summed E-state index contributed by atoms with van der Waals surface area (Å²) in [6.07, 6.45) is 3.45. The number of nitrogens with zero attached hydrogens (tertiary/aromatic N) is 2. The highest BCUT2D eigenvalue weighted by molar-refractivity contribution is 5.91. The Kier molecular flexibility index (Phi) is 4.56. The van der Waals surface area contributed by atoms with Gasteiger partial charge in [0, 0.05) is 11.9 Å². The number of unbranched alkanes of at least 4 members (excludes halogenated alkanes) is 1. The van der Waals surface area contributed by atoms with Crippen molar-refractivity contribution < 1.29 is 0 Å². The third-order valence-electron chi connectivity index (χ3n) is 3.53. The molecule has 2 aromatic rings. The largest absolute Gasteiger partial charge is 0.369 e. The minimum atomic E-state index is 0.0831. The standard InChI is InChI=1S/C17H24N4/c1-5-6-9-19-16-13-8-7-12(17(2,3)4)10-14(13)20-15(11-18)21-16/h7-8,10-11,18H,5-6,9H2,1-4H3,(H,19,20,21). The van der Waals surface area contributed by atoms with Crippen LogP contribution in [0, 0.1) is 5.41 Å². The van der Waals surface area contributed by atoms with Gasteiger partial charge in [-0.05, 0) is 29.5 Å². The van der Waals surface area contributed by atoms with Gasteiger partial charge in [-0.2, -0.15) is 0 Å². The van der Waals surface area contributed by atoms with Crippen molar-refractivity contribution in [1.29, 1.82) is 5.41 Å². The van der Waals surface area contributed by atoms with E-state index in [0.717, 1.165) is 36.1 Å². The molecule has 0 atom stereocenters. The van der Waals surface area contributed by atoms with Crippen LogP contribution in [0.2, 0.25) is 0 Å². The van der Waals surface area contributed by atoms with E-state index in [-0.39, 0.29) is 5.41 Å². The smallest absolute Gasteiger partial charge is 0.172 e. The zero-order valence-electron chi connectivity index (χ0n) is 13.3. The van der Waals surface area contributed by atoms with Crippen molar-refractivity contribution in [1.82, 2.24) is 9.97 Å². The van der Waals surface area contributed by atoms with E-state index in [1.165, 1.54) is 11.8 Å². The summed E-state index contributed by atoms with van der Waals surface area (Å²) in [5.41, 5.74) is 2.22. The normalized spacial score (nSPS) is 11.6. The zero-order valence-corrected chi connectivity index (χ0v) is 13.3. The number of anilines is 1. The van der Waals surface area contributed by atoms with Crippen molar-refractivity contribution in [2.24, 2.45) is 0 Å². The van der Waals surface area contributed by atoms with E-state index < -0.39 is 0 Å². The highest BCUT2D eigenvalue weighted by Gasteiger charge is 2.15. The summed E-state index contributed by atoms with van der Waals surface area (Å²) in [6.45, 7) is 9.62. The van der Waals surface area contributed by atoms with Crippen molar-refractivity contribution in [2.75, 3.05) is 11.9 Å². The molecule has 1 aromatic carbocycles. The fraction of sp³-hybridized carbons (Fsp3) is 0.471. The van der Waals surface area contributed by atoms with Crippen LogP contribution >= 0.6 is 0 Å². The first kappa shape index (κ1) is 15.4. The summed E-state index contributed by atoms with van der Waals surface area (Å²) < 4.78 is 0. The van der Waals surface area contributed by atoms with Crippen LogP contribution in [0.5, 0.6) is 0 Å². The van der Waals surface area contributed by atoms with Crippen molar-refractivity contribution in [3.05, 3.63) is 29.6 Å². The zero-order chi connectivity index (χ0) is 15.5. The van der Waals surface area contributed by atoms with E-state index in [4.69, 9.17) is 5.41 Å². The molecule has 1 heterocycles. The summed E-state index contributed by atoms with van der Waals surface area (Å²) in [5.74, 6) is 1.28. The first-order valence-corrected chi connectivity index (χ1v) is 7.52. The maximum Gasteiger partial charge on any atom is 0.172 e. The quantitative estimate of drug-likeness (QED) is 0.641. The van der Waals surface area contributed by atoms with Crippen LogP contribution < -0.4 is 5.32 Å². The molecule has 0 amide bonds. The van der Waals surface area contributed by atoms with Crippen molar-refractivity contribution >= 4 is 22.9 Å². The van der Waals surface area contributed by atoms with E-state index >= 15 is 0 Å². The molecule has 0 saturated heterocycles. The SMILES string of the molecule is CCCCNc1nc(C=N)nc2cc(C(C)(C)C)ccc12. The van der Waals surface area contributed by atoms with Gasteiger partial charge in [0.15, 0.2) is 5.82 Å². The molecule has 0 aliphatic rings. The molecule has 0 fully saturated rings. The highest BCUT2D eigenvalue weighted by Crippen LogP contribution is 2.28. The van der Waals surface area contributed by atoms with Crippen LogP contribution in [-0.4, -0.2) is 22.7 Å². The monoisotopic (exact) mass is 284 g/mol. The Hall–Kier alpha value is -1.97. The molecule has 0 bridgehead atoms. The minimum Gasteiger partial charge on any atom is -0.369 e. The second-order valence-corrected chi connectivity index (χ2v) is 6.34. The summed E-state index contributed by atoms with van der Waals surface area (Å²) >= 11 is 0. The Morgan fingerprint density at radius 1 is 1.24 bits per heavy atom. The number of aromatic nitrogens is 2. The predicted octanol–water partition coefficient (Wildman–Crippen LogP) is 4.14. The maximum atomic E-state index is 7.43. The molecule has 4 nitrogen and oxygen atoms in total. The molecule has 112 valence electrons. The van der Waals surface area contributed by atoms with Crippen molar-refractivity contribution in [2.45, 2.75) is 46.0 Å². The van der Waals surface area contributed by atoms with Gasteiger partial charge in [0.2, 0.25) is 0 Å². The molecular weight excluding hydrogens is 260 g/mol. The lowest BCUT2D eigenvalue weighted by Crippen LogP contribution is -2.12. The van der Waals surface area contributed by atoms with E-state index in [9.17, 15) is 0 Å². The van der Waals surface area contributed by atoms with Gasteiger partial charge in [0.1, 0.15) is 5.82 Å². The van der Waals surface area contributed by atoms with Crippen LogP contribution in [0.25, 0.3) is 10.9 Å². The minimum absolute atomic E-state index is 0.0831. The second kappa shape index (κ2) is 6.20. The molecule has 2 rings (SSSR count). The number of hydrogen-bond acceptors (Lipinski definition) is 4. The summed E-state index contributed by atoms with van der Waals surface area (Å²) in [6, 6.07) is 6.33. The van der Waals surface area contributed by atoms with E-state index in [0.29, 0.717) is 5.82 Å². The summed E-state index contributed by atoms with van der Waals surface area (Å²) in [7, 11) is 0. The number of nitrogens with one attached hydrogen (secondary N) is 2. The fourth-order valence-electron chi connectivity index (χ4n) is 2.20. The Balaban J connectivity index is 2.50. The summed E-state index contributed by atoms with van der Waals surface area (Å²) in [4.78, 5) is 8.88. The van der Waals surface area contributed by atoms with Crippen LogP contribution in [0.4, 0.5) is 5.82 Å². The van der Waals surface area contributed by atoms with Crippen LogP contribution in [0.15, 0.2) is 18.2 Å². The van der Waals surface area contributed by atoms with Gasteiger partial charge in [-0.3, -0.25) is 0 Å². The molecular formula is C17H24N4. The second-order valence-electron chi connectivity index (χ2n) is 6.34. The average Bonchev–Trinajstić information content (AvgIpc) is 2.45. The van der Waals surface area contributed by atoms with Gasteiger partial charge < -0.3 is 10.7 Å². The molecule has 4 heteroatoms. The molecule has 0 radical (unpaired) electrons. The third kappa shape index (κ3) is 3.57. The van der Waals surface area contributed by atoms with E-state index in [1.54, 1.807) is 0 Å². The Morgan fingerprint density at radius 2 is 2.00 bits per heavy atom. The highest BCUT2D eigenvalue weighted by atomic mass is 15.0. The van der Waals surface area contributed by atoms with E-state index in [2.05, 4.69) is 61.2 Å². The van der Waals surface area contributed by atoms with Gasteiger partial charge in [0.25, 0.3) is 0 Å². The lowest BCUT2D eigenvalue weighted by atomic mass is 9.86. The average molecular weight is 284 g/mol.